The van der Waals surface area contributed by atoms with Crippen LogP contribution in [0.5, 0.6) is 0 Å². The van der Waals surface area contributed by atoms with Gasteiger partial charge in [-0.1, -0.05) is 49.3 Å². The van der Waals surface area contributed by atoms with Crippen LogP contribution in [0.2, 0.25) is 0 Å². The Morgan fingerprint density at radius 2 is 1.87 bits per heavy atom. The van der Waals surface area contributed by atoms with Crippen LogP contribution in [0.1, 0.15) is 30.5 Å². The zero-order valence-corrected chi connectivity index (χ0v) is 17.6. The van der Waals surface area contributed by atoms with E-state index in [0.717, 1.165) is 29.7 Å². The summed E-state index contributed by atoms with van der Waals surface area (Å²) in [5.41, 5.74) is 5.45. The summed E-state index contributed by atoms with van der Waals surface area (Å²) in [6, 6.07) is 14.4. The molecule has 0 aliphatic carbocycles. The van der Waals surface area contributed by atoms with E-state index in [9.17, 15) is 4.79 Å². The minimum absolute atomic E-state index is 0.235. The lowest BCUT2D eigenvalue weighted by molar-refractivity contribution is -0.147. The monoisotopic (exact) mass is 405 g/mol. The molecule has 0 bridgehead atoms. The summed E-state index contributed by atoms with van der Waals surface area (Å²) in [7, 11) is 0. The predicted molar refractivity (Wildman–Crippen MR) is 115 cm³/mol. The lowest BCUT2D eigenvalue weighted by Gasteiger charge is -2.36. The average molecular weight is 405 g/mol. The Balaban J connectivity index is 1.44. The van der Waals surface area contributed by atoms with Gasteiger partial charge in [0.05, 0.1) is 5.92 Å². The highest BCUT2D eigenvalue weighted by atomic mass is 16.5. The molecule has 2 heterocycles. The average Bonchev–Trinajstić information content (AvgIpc) is 3.15. The molecular formula is C24H27N3O3. The van der Waals surface area contributed by atoms with Crippen molar-refractivity contribution in [2.75, 3.05) is 13.1 Å². The van der Waals surface area contributed by atoms with Gasteiger partial charge in [0.1, 0.15) is 0 Å². The van der Waals surface area contributed by atoms with Crippen molar-refractivity contribution in [1.82, 2.24) is 15.0 Å². The Morgan fingerprint density at radius 3 is 2.50 bits per heavy atom. The SMILES string of the molecule is Cc1cc(-c2nc(-c3ccc(CC(C)C)cc3)no2)ccc1CN1CC(C(=O)O)C1. The van der Waals surface area contributed by atoms with Crippen LogP contribution >= 0.6 is 0 Å². The molecule has 0 saturated carbocycles. The summed E-state index contributed by atoms with van der Waals surface area (Å²) in [6.07, 6.45) is 1.05. The number of benzene rings is 2. The van der Waals surface area contributed by atoms with Gasteiger partial charge in [-0.05, 0) is 48.1 Å². The van der Waals surface area contributed by atoms with Gasteiger partial charge in [-0.3, -0.25) is 9.69 Å². The lowest BCUT2D eigenvalue weighted by Crippen LogP contribution is -2.49. The van der Waals surface area contributed by atoms with Crippen LogP contribution in [0, 0.1) is 18.8 Å². The maximum atomic E-state index is 11.0. The van der Waals surface area contributed by atoms with E-state index in [2.05, 4.69) is 54.0 Å². The van der Waals surface area contributed by atoms with Crippen molar-refractivity contribution in [1.29, 1.82) is 0 Å². The molecule has 1 N–H and O–H groups in total. The Hall–Kier alpha value is -2.99. The molecule has 6 nitrogen and oxygen atoms in total. The molecule has 0 unspecified atom stereocenters. The van der Waals surface area contributed by atoms with Crippen molar-refractivity contribution in [3.8, 4) is 22.8 Å². The van der Waals surface area contributed by atoms with Crippen molar-refractivity contribution in [3.05, 3.63) is 59.2 Å². The standard InChI is InChI=1S/C24H27N3O3/c1-15(2)10-17-4-6-18(7-5-17)22-25-23(30-26-22)19-8-9-20(16(3)11-19)12-27-13-21(14-27)24(28)29/h4-9,11,15,21H,10,12-14H2,1-3H3,(H,28,29). The molecule has 4 rings (SSSR count). The first-order valence-corrected chi connectivity index (χ1v) is 10.4. The van der Waals surface area contributed by atoms with Crippen LogP contribution in [0.3, 0.4) is 0 Å². The van der Waals surface area contributed by atoms with Crippen molar-refractivity contribution in [3.63, 3.8) is 0 Å². The Labute approximate surface area is 176 Å². The molecule has 1 saturated heterocycles. The fraction of sp³-hybridized carbons (Fsp3) is 0.375. The molecule has 0 atom stereocenters. The number of rotatable bonds is 7. The van der Waals surface area contributed by atoms with Gasteiger partial charge in [0.25, 0.3) is 5.89 Å². The van der Waals surface area contributed by atoms with E-state index in [0.29, 0.717) is 30.7 Å². The van der Waals surface area contributed by atoms with Gasteiger partial charge in [-0.25, -0.2) is 0 Å². The number of aromatic nitrogens is 2. The zero-order chi connectivity index (χ0) is 21.3. The fourth-order valence-electron chi connectivity index (χ4n) is 3.82. The number of carboxylic acids is 1. The summed E-state index contributed by atoms with van der Waals surface area (Å²) in [5.74, 6) is 0.767. The number of nitrogens with zero attached hydrogens (tertiary/aromatic N) is 3. The number of carbonyl (C=O) groups is 1. The van der Waals surface area contributed by atoms with Crippen LogP contribution in [0.25, 0.3) is 22.8 Å². The number of hydrogen-bond acceptors (Lipinski definition) is 5. The summed E-state index contributed by atoms with van der Waals surface area (Å²) in [5, 5.41) is 13.2. The van der Waals surface area contributed by atoms with Gasteiger partial charge >= 0.3 is 5.97 Å². The quantitative estimate of drug-likeness (QED) is 0.627. The van der Waals surface area contributed by atoms with Gasteiger partial charge in [0, 0.05) is 30.8 Å². The van der Waals surface area contributed by atoms with E-state index in [-0.39, 0.29) is 5.92 Å². The summed E-state index contributed by atoms with van der Waals surface area (Å²) in [6.45, 7) is 8.46. The molecule has 3 aromatic rings. The van der Waals surface area contributed by atoms with E-state index in [1.165, 1.54) is 11.1 Å². The van der Waals surface area contributed by atoms with Crippen LogP contribution < -0.4 is 0 Å². The molecule has 6 heteroatoms. The van der Waals surface area contributed by atoms with Crippen molar-refractivity contribution >= 4 is 5.97 Å². The van der Waals surface area contributed by atoms with E-state index < -0.39 is 5.97 Å². The van der Waals surface area contributed by atoms with E-state index in [1.807, 2.05) is 24.3 Å². The highest BCUT2D eigenvalue weighted by Gasteiger charge is 2.32. The van der Waals surface area contributed by atoms with E-state index in [4.69, 9.17) is 9.63 Å². The highest BCUT2D eigenvalue weighted by Crippen LogP contribution is 2.26. The molecule has 1 aromatic heterocycles. The lowest BCUT2D eigenvalue weighted by atomic mass is 9.98. The number of carboxylic acid groups (broad SMARTS) is 1. The third-order valence-corrected chi connectivity index (χ3v) is 5.57. The summed E-state index contributed by atoms with van der Waals surface area (Å²) < 4.78 is 5.51. The first-order valence-electron chi connectivity index (χ1n) is 10.4. The van der Waals surface area contributed by atoms with Crippen molar-refractivity contribution < 1.29 is 14.4 Å². The third kappa shape index (κ3) is 4.44. The number of hydrogen-bond donors (Lipinski definition) is 1. The van der Waals surface area contributed by atoms with Crippen LogP contribution in [-0.4, -0.2) is 39.2 Å². The van der Waals surface area contributed by atoms with E-state index in [1.54, 1.807) is 0 Å². The van der Waals surface area contributed by atoms with Gasteiger partial charge in [0.2, 0.25) is 5.82 Å². The van der Waals surface area contributed by atoms with E-state index >= 15 is 0 Å². The maximum Gasteiger partial charge on any atom is 0.309 e. The van der Waals surface area contributed by atoms with Gasteiger partial charge in [-0.2, -0.15) is 4.98 Å². The number of aryl methyl sites for hydroxylation is 1. The smallest absolute Gasteiger partial charge is 0.309 e. The Kier molecular flexibility index (Phi) is 5.68. The molecule has 156 valence electrons. The Morgan fingerprint density at radius 1 is 1.17 bits per heavy atom. The molecular weight excluding hydrogens is 378 g/mol. The van der Waals surface area contributed by atoms with Crippen molar-refractivity contribution in [2.45, 2.75) is 33.7 Å². The molecule has 1 fully saturated rings. The van der Waals surface area contributed by atoms with Crippen molar-refractivity contribution in [2.24, 2.45) is 11.8 Å². The summed E-state index contributed by atoms with van der Waals surface area (Å²) in [4.78, 5) is 17.7. The largest absolute Gasteiger partial charge is 0.481 e. The molecule has 0 amide bonds. The molecule has 1 aliphatic heterocycles. The number of aliphatic carboxylic acids is 1. The van der Waals surface area contributed by atoms with Gasteiger partial charge < -0.3 is 9.63 Å². The third-order valence-electron chi connectivity index (χ3n) is 5.57. The normalized spacial score (nSPS) is 14.8. The molecule has 0 spiro atoms. The second-order valence-electron chi connectivity index (χ2n) is 8.59. The molecule has 0 radical (unpaired) electrons. The molecule has 30 heavy (non-hydrogen) atoms. The second-order valence-corrected chi connectivity index (χ2v) is 8.59. The second kappa shape index (κ2) is 8.40. The summed E-state index contributed by atoms with van der Waals surface area (Å²) >= 11 is 0. The molecule has 2 aromatic carbocycles. The predicted octanol–water partition coefficient (Wildman–Crippen LogP) is 4.43. The van der Waals surface area contributed by atoms with Gasteiger partial charge in [-0.15, -0.1) is 0 Å². The van der Waals surface area contributed by atoms with Crippen LogP contribution in [0.15, 0.2) is 47.0 Å². The fourth-order valence-corrected chi connectivity index (χ4v) is 3.82. The van der Waals surface area contributed by atoms with Crippen LogP contribution in [0.4, 0.5) is 0 Å². The Bertz CT molecular complexity index is 1030. The first kappa shape index (κ1) is 20.3. The topological polar surface area (TPSA) is 79.5 Å². The van der Waals surface area contributed by atoms with Gasteiger partial charge in [0.15, 0.2) is 0 Å². The minimum Gasteiger partial charge on any atom is -0.481 e. The minimum atomic E-state index is -0.708. The number of likely N-dealkylation sites (tertiary alicyclic amines) is 1. The first-order chi connectivity index (χ1) is 14.4. The zero-order valence-electron chi connectivity index (χ0n) is 17.6. The van der Waals surface area contributed by atoms with Crippen LogP contribution in [-0.2, 0) is 17.8 Å². The highest BCUT2D eigenvalue weighted by molar-refractivity contribution is 5.71. The molecule has 1 aliphatic rings. The maximum absolute atomic E-state index is 11.0.